The Bertz CT molecular complexity index is 771. The molecule has 0 spiro atoms. The van der Waals surface area contributed by atoms with Crippen molar-refractivity contribution in [3.63, 3.8) is 0 Å². The number of pyridine rings is 1. The van der Waals surface area contributed by atoms with Crippen LogP contribution < -0.4 is 4.74 Å². The predicted molar refractivity (Wildman–Crippen MR) is 93.7 cm³/mol. The normalized spacial score (nSPS) is 21.8. The van der Waals surface area contributed by atoms with E-state index >= 15 is 0 Å². The van der Waals surface area contributed by atoms with Gasteiger partial charge < -0.3 is 14.4 Å². The first kappa shape index (κ1) is 16.1. The quantitative estimate of drug-likeness (QED) is 0.860. The average molecular weight is 338 g/mol. The van der Waals surface area contributed by atoms with E-state index < -0.39 is 0 Å². The van der Waals surface area contributed by atoms with E-state index in [9.17, 15) is 4.79 Å². The molecular weight excluding hydrogens is 316 g/mol. The molecule has 0 saturated carbocycles. The minimum atomic E-state index is -0.00312. The Morgan fingerprint density at radius 2 is 2.16 bits per heavy atom. The second-order valence-corrected chi connectivity index (χ2v) is 6.66. The van der Waals surface area contributed by atoms with Crippen molar-refractivity contribution in [3.8, 4) is 5.88 Å². The van der Waals surface area contributed by atoms with Crippen LogP contribution in [0.5, 0.6) is 5.88 Å². The number of carbonyl (C=O) groups excluding carboxylic acids is 1. The molecule has 1 fully saturated rings. The van der Waals surface area contributed by atoms with Gasteiger partial charge in [-0.3, -0.25) is 4.79 Å². The van der Waals surface area contributed by atoms with Crippen LogP contribution in [-0.4, -0.2) is 42.2 Å². The number of rotatable bonds is 4. The molecule has 1 aliphatic carbocycles. The molecule has 2 aliphatic rings. The zero-order chi connectivity index (χ0) is 17.2. The van der Waals surface area contributed by atoms with Crippen LogP contribution >= 0.6 is 0 Å². The van der Waals surface area contributed by atoms with Gasteiger partial charge in [0, 0.05) is 31.3 Å². The predicted octanol–water partition coefficient (Wildman–Crippen LogP) is 3.01. The van der Waals surface area contributed by atoms with Gasteiger partial charge in [0.25, 0.3) is 5.91 Å². The van der Waals surface area contributed by atoms with Crippen LogP contribution in [0.3, 0.4) is 0 Å². The largest absolute Gasteiger partial charge is 0.472 e. The third-order valence-corrected chi connectivity index (χ3v) is 5.05. The molecular formula is C20H22N2O3. The fraction of sp³-hybridized carbons (Fsp3) is 0.400. The molecule has 25 heavy (non-hydrogen) atoms. The number of carbonyl (C=O) groups is 1. The zero-order valence-electron chi connectivity index (χ0n) is 14.4. The number of amides is 1. The Balaban J connectivity index is 1.50. The molecule has 1 aliphatic heterocycles. The SMILES string of the molecule is CN(C(=O)c1ccnc(O[C@H]2CCOC2)c1)[C@H]1CCc2ccccc21. The number of fused-ring (bicyclic) bond motifs is 1. The van der Waals surface area contributed by atoms with Crippen molar-refractivity contribution in [1.82, 2.24) is 9.88 Å². The molecule has 0 radical (unpaired) electrons. The minimum absolute atomic E-state index is 0.00312. The fourth-order valence-corrected chi connectivity index (χ4v) is 3.67. The first-order valence-corrected chi connectivity index (χ1v) is 8.78. The van der Waals surface area contributed by atoms with Gasteiger partial charge in [0.15, 0.2) is 0 Å². The van der Waals surface area contributed by atoms with E-state index in [0.717, 1.165) is 19.3 Å². The van der Waals surface area contributed by atoms with Gasteiger partial charge in [0.05, 0.1) is 19.3 Å². The van der Waals surface area contributed by atoms with Gasteiger partial charge >= 0.3 is 0 Å². The van der Waals surface area contributed by atoms with Gasteiger partial charge in [-0.05, 0) is 30.0 Å². The molecule has 130 valence electrons. The summed E-state index contributed by atoms with van der Waals surface area (Å²) in [5.41, 5.74) is 3.20. The van der Waals surface area contributed by atoms with Crippen LogP contribution in [0.25, 0.3) is 0 Å². The summed E-state index contributed by atoms with van der Waals surface area (Å²) in [6.07, 6.45) is 4.51. The molecule has 1 aromatic carbocycles. The molecule has 5 nitrogen and oxygen atoms in total. The van der Waals surface area contributed by atoms with E-state index in [4.69, 9.17) is 9.47 Å². The molecule has 5 heteroatoms. The van der Waals surface area contributed by atoms with Crippen LogP contribution in [0.2, 0.25) is 0 Å². The molecule has 2 atom stereocenters. The van der Waals surface area contributed by atoms with Gasteiger partial charge in [-0.2, -0.15) is 0 Å². The van der Waals surface area contributed by atoms with E-state index in [2.05, 4.69) is 23.2 Å². The van der Waals surface area contributed by atoms with Crippen molar-refractivity contribution in [2.45, 2.75) is 31.4 Å². The summed E-state index contributed by atoms with van der Waals surface area (Å²) >= 11 is 0. The summed E-state index contributed by atoms with van der Waals surface area (Å²) in [6, 6.07) is 12.0. The number of ether oxygens (including phenoxy) is 2. The molecule has 0 unspecified atom stereocenters. The maximum absolute atomic E-state index is 12.9. The van der Waals surface area contributed by atoms with Gasteiger partial charge in [-0.25, -0.2) is 4.98 Å². The lowest BCUT2D eigenvalue weighted by Crippen LogP contribution is -2.30. The summed E-state index contributed by atoms with van der Waals surface area (Å²) in [7, 11) is 1.88. The van der Waals surface area contributed by atoms with Gasteiger partial charge in [0.2, 0.25) is 5.88 Å². The minimum Gasteiger partial charge on any atom is -0.472 e. The summed E-state index contributed by atoms with van der Waals surface area (Å²) < 4.78 is 11.1. The third kappa shape index (κ3) is 3.24. The van der Waals surface area contributed by atoms with E-state index in [1.807, 2.05) is 18.0 Å². The van der Waals surface area contributed by atoms with E-state index in [1.165, 1.54) is 11.1 Å². The highest BCUT2D eigenvalue weighted by Gasteiger charge is 2.29. The molecule has 1 amide bonds. The summed E-state index contributed by atoms with van der Waals surface area (Å²) in [5, 5.41) is 0. The van der Waals surface area contributed by atoms with Crippen LogP contribution in [0, 0.1) is 0 Å². The van der Waals surface area contributed by atoms with Crippen LogP contribution in [0.15, 0.2) is 42.6 Å². The molecule has 0 N–H and O–H groups in total. The first-order valence-electron chi connectivity index (χ1n) is 8.78. The monoisotopic (exact) mass is 338 g/mol. The Morgan fingerprint density at radius 3 is 3.00 bits per heavy atom. The van der Waals surface area contributed by atoms with Crippen molar-refractivity contribution >= 4 is 5.91 Å². The van der Waals surface area contributed by atoms with Crippen LogP contribution in [-0.2, 0) is 11.2 Å². The Kier molecular flexibility index (Phi) is 4.40. The molecule has 2 heterocycles. The number of aromatic nitrogens is 1. The van der Waals surface area contributed by atoms with E-state index in [-0.39, 0.29) is 18.1 Å². The molecule has 1 aromatic heterocycles. The van der Waals surface area contributed by atoms with Crippen molar-refractivity contribution in [2.75, 3.05) is 20.3 Å². The van der Waals surface area contributed by atoms with Crippen molar-refractivity contribution in [3.05, 3.63) is 59.3 Å². The average Bonchev–Trinajstić information content (AvgIpc) is 3.30. The maximum atomic E-state index is 12.9. The number of hydrogen-bond acceptors (Lipinski definition) is 4. The van der Waals surface area contributed by atoms with E-state index in [1.54, 1.807) is 18.3 Å². The van der Waals surface area contributed by atoms with Gasteiger partial charge in [0.1, 0.15) is 6.10 Å². The number of aryl methyl sites for hydroxylation is 1. The summed E-state index contributed by atoms with van der Waals surface area (Å²) in [4.78, 5) is 19.0. The van der Waals surface area contributed by atoms with Crippen molar-refractivity contribution < 1.29 is 14.3 Å². The highest BCUT2D eigenvalue weighted by atomic mass is 16.5. The Hall–Kier alpha value is -2.40. The topological polar surface area (TPSA) is 51.7 Å². The molecule has 1 saturated heterocycles. The summed E-state index contributed by atoms with van der Waals surface area (Å²) in [6.45, 7) is 1.30. The smallest absolute Gasteiger partial charge is 0.254 e. The third-order valence-electron chi connectivity index (χ3n) is 5.05. The number of nitrogens with zero attached hydrogens (tertiary/aromatic N) is 2. The number of hydrogen-bond donors (Lipinski definition) is 0. The molecule has 4 rings (SSSR count). The van der Waals surface area contributed by atoms with E-state index in [0.29, 0.717) is 24.7 Å². The standard InChI is InChI=1S/C20H22N2O3/c1-22(18-7-6-14-4-2-3-5-17(14)18)20(23)15-8-10-21-19(12-15)25-16-9-11-24-13-16/h2-5,8,10,12,16,18H,6-7,9,11,13H2,1H3/t16-,18-/m0/s1. The van der Waals surface area contributed by atoms with Gasteiger partial charge in [-0.1, -0.05) is 24.3 Å². The highest BCUT2D eigenvalue weighted by molar-refractivity contribution is 5.94. The summed E-state index contributed by atoms with van der Waals surface area (Å²) in [5.74, 6) is 0.484. The lowest BCUT2D eigenvalue weighted by atomic mass is 10.1. The fourth-order valence-electron chi connectivity index (χ4n) is 3.67. The second kappa shape index (κ2) is 6.84. The maximum Gasteiger partial charge on any atom is 0.254 e. The second-order valence-electron chi connectivity index (χ2n) is 6.66. The molecule has 2 aromatic rings. The van der Waals surface area contributed by atoms with Crippen molar-refractivity contribution in [2.24, 2.45) is 0 Å². The first-order chi connectivity index (χ1) is 12.2. The highest BCUT2D eigenvalue weighted by Crippen LogP contribution is 2.35. The van der Waals surface area contributed by atoms with Crippen molar-refractivity contribution in [1.29, 1.82) is 0 Å². The Labute approximate surface area is 147 Å². The lowest BCUT2D eigenvalue weighted by Gasteiger charge is -2.25. The van der Waals surface area contributed by atoms with Gasteiger partial charge in [-0.15, -0.1) is 0 Å². The van der Waals surface area contributed by atoms with Crippen LogP contribution in [0.1, 0.15) is 40.4 Å². The zero-order valence-corrected chi connectivity index (χ0v) is 14.4. The Morgan fingerprint density at radius 1 is 1.28 bits per heavy atom. The lowest BCUT2D eigenvalue weighted by molar-refractivity contribution is 0.0729. The van der Waals surface area contributed by atoms with Crippen LogP contribution in [0.4, 0.5) is 0 Å². The number of benzene rings is 1. The molecule has 0 bridgehead atoms.